The van der Waals surface area contributed by atoms with Gasteiger partial charge in [-0.05, 0) is 0 Å². The maximum atomic E-state index is 0. The average Bonchev–Trinajstić information content (AvgIpc) is 0. The van der Waals surface area contributed by atoms with Gasteiger partial charge in [-0.3, -0.25) is 0 Å². The van der Waals surface area contributed by atoms with Crippen LogP contribution in [0.15, 0.2) is 0 Å². The van der Waals surface area contributed by atoms with Crippen LogP contribution in [0.1, 0.15) is 0 Å². The van der Waals surface area contributed by atoms with E-state index in [2.05, 4.69) is 0 Å². The maximum absolute atomic E-state index is 0. The third kappa shape index (κ3) is 24.7. The molecule has 0 aliphatic rings. The molecule has 3 nitrogen and oxygen atoms in total. The minimum Gasteiger partial charge on any atom is -2.00 e. The zero-order valence-electron chi connectivity index (χ0n) is 1.85. The van der Waals surface area contributed by atoms with E-state index in [1.807, 2.05) is 0 Å². The Kier molecular flexibility index (Phi) is 512. The van der Waals surface area contributed by atoms with Crippen molar-refractivity contribution in [3.05, 3.63) is 0 Å². The second-order valence-electron chi connectivity index (χ2n) is 0. The molecule has 2 radical (unpaired) electrons. The van der Waals surface area contributed by atoms with Gasteiger partial charge in [0.1, 0.15) is 0 Å². The molecule has 0 spiro atoms. The molecule has 0 aromatic heterocycles. The fraction of sp³-hybridized carbons (Fsp3) is 0. The molecule has 0 unspecified atom stereocenters. The summed E-state index contributed by atoms with van der Waals surface area (Å²) in [6, 6.07) is 0. The van der Waals surface area contributed by atoms with E-state index in [0.29, 0.717) is 0 Å². The van der Waals surface area contributed by atoms with E-state index in [4.69, 9.17) is 0 Å². The van der Waals surface area contributed by atoms with Gasteiger partial charge in [0.05, 0.1) is 0 Å². The number of rotatable bonds is 0. The molecule has 0 aromatic carbocycles. The summed E-state index contributed by atoms with van der Waals surface area (Å²) in [6.45, 7) is 0. The van der Waals surface area contributed by atoms with Crippen molar-refractivity contribution in [2.75, 3.05) is 0 Å². The number of hydrogen-bond donors (Lipinski definition) is 0. The third-order valence-electron chi connectivity index (χ3n) is 0. The van der Waals surface area contributed by atoms with Crippen molar-refractivity contribution in [2.45, 2.75) is 0 Å². The van der Waals surface area contributed by atoms with Gasteiger partial charge < -0.3 is 16.4 Å². The SMILES string of the molecule is [Fe+3].[O-2].[O-2].[O-2].[Yb+3]. The molecule has 0 heterocycles. The van der Waals surface area contributed by atoms with Gasteiger partial charge >= 0.3 is 64.0 Å². The second kappa shape index (κ2) is 38.9. The van der Waals surface area contributed by atoms with E-state index < -0.39 is 0 Å². The van der Waals surface area contributed by atoms with Crippen molar-refractivity contribution in [3.8, 4) is 0 Å². The summed E-state index contributed by atoms with van der Waals surface area (Å²) >= 11 is 0. The predicted octanol–water partition coefficient (Wildman–Crippen LogP) is -0.359. The van der Waals surface area contributed by atoms with Crippen LogP contribution in [0.2, 0.25) is 0 Å². The quantitative estimate of drug-likeness (QED) is 0.541. The molecule has 0 rings (SSSR count). The predicted molar refractivity (Wildman–Crippen MR) is 2.06 cm³/mol. The van der Waals surface area contributed by atoms with Gasteiger partial charge in [0.25, 0.3) is 0 Å². The minimum atomic E-state index is 0. The molecule has 0 saturated carbocycles. The molecular formula is FeO3Yb. The number of hydrogen-bond acceptors (Lipinski definition) is 0. The van der Waals surface area contributed by atoms with Crippen molar-refractivity contribution in [3.63, 3.8) is 0 Å². The molecule has 0 amide bonds. The first-order valence-corrected chi connectivity index (χ1v) is 0. The first-order valence-electron chi connectivity index (χ1n) is 0. The molecule has 0 fully saturated rings. The Morgan fingerprint density at radius 3 is 0.600 bits per heavy atom. The third-order valence-corrected chi connectivity index (χ3v) is 0. The topological polar surface area (TPSA) is 85.5 Å². The zero-order valence-corrected chi connectivity index (χ0v) is 4.66. The monoisotopic (exact) mass is 278 g/mol. The fourth-order valence-electron chi connectivity index (χ4n) is 0. The van der Waals surface area contributed by atoms with E-state index in [0.717, 1.165) is 0 Å². The van der Waals surface area contributed by atoms with Gasteiger partial charge in [-0.25, -0.2) is 0 Å². The smallest absolute Gasteiger partial charge is 2.00 e. The Morgan fingerprint density at radius 1 is 0.600 bits per heavy atom. The summed E-state index contributed by atoms with van der Waals surface area (Å²) < 4.78 is 0. The van der Waals surface area contributed by atoms with Crippen LogP contribution in [-0.4, -0.2) is 0 Å². The molecule has 0 aromatic rings. The maximum Gasteiger partial charge on any atom is 3.00 e. The molecule has 0 aliphatic heterocycles. The van der Waals surface area contributed by atoms with E-state index >= 15 is 0 Å². The van der Waals surface area contributed by atoms with Gasteiger partial charge in [0.15, 0.2) is 0 Å². The van der Waals surface area contributed by atoms with Crippen molar-refractivity contribution < 1.29 is 80.4 Å². The van der Waals surface area contributed by atoms with Gasteiger partial charge in [-0.1, -0.05) is 0 Å². The Balaban J connectivity index is 0. The van der Waals surface area contributed by atoms with E-state index in [9.17, 15) is 0 Å². The summed E-state index contributed by atoms with van der Waals surface area (Å²) in [5, 5.41) is 0. The van der Waals surface area contributed by atoms with E-state index in [1.165, 1.54) is 0 Å². The standard InChI is InChI=1S/Fe.3O.Yb/q+3;3*-2;+3. The van der Waals surface area contributed by atoms with Crippen LogP contribution in [0.3, 0.4) is 0 Å². The summed E-state index contributed by atoms with van der Waals surface area (Å²) in [6.07, 6.45) is 0. The summed E-state index contributed by atoms with van der Waals surface area (Å²) in [7, 11) is 0. The van der Waals surface area contributed by atoms with Crippen LogP contribution in [-0.2, 0) is 33.5 Å². The molecule has 0 bridgehead atoms. The summed E-state index contributed by atoms with van der Waals surface area (Å²) in [5.41, 5.74) is 0. The van der Waals surface area contributed by atoms with Crippen LogP contribution < -0.4 is 0 Å². The Bertz CT molecular complexity index is 6.85. The normalized spacial score (nSPS) is 0. The van der Waals surface area contributed by atoms with E-state index in [-0.39, 0.29) is 80.4 Å². The molecule has 40 valence electrons. The molecule has 0 atom stereocenters. The van der Waals surface area contributed by atoms with Crippen molar-refractivity contribution in [2.24, 2.45) is 0 Å². The first-order chi connectivity index (χ1) is 0. The van der Waals surface area contributed by atoms with Gasteiger partial charge in [0.2, 0.25) is 0 Å². The van der Waals surface area contributed by atoms with Crippen LogP contribution in [0.25, 0.3) is 0 Å². The van der Waals surface area contributed by atoms with Crippen molar-refractivity contribution >= 4 is 0 Å². The summed E-state index contributed by atoms with van der Waals surface area (Å²) in [4.78, 5) is 0. The van der Waals surface area contributed by atoms with Gasteiger partial charge in [-0.15, -0.1) is 0 Å². The molecular weight excluding hydrogens is 277 g/mol. The van der Waals surface area contributed by atoms with E-state index in [1.54, 1.807) is 0 Å². The Labute approximate surface area is 79.1 Å². The van der Waals surface area contributed by atoms with Crippen molar-refractivity contribution in [1.82, 2.24) is 0 Å². The first kappa shape index (κ1) is 65.8. The average molecular weight is 277 g/mol. The Hall–Kier alpha value is 1.92. The van der Waals surface area contributed by atoms with Gasteiger partial charge in [0, 0.05) is 0 Å². The largest absolute Gasteiger partial charge is 3.00 e. The van der Waals surface area contributed by atoms with Crippen LogP contribution >= 0.6 is 0 Å². The second-order valence-corrected chi connectivity index (χ2v) is 0. The molecule has 0 aliphatic carbocycles. The minimum absolute atomic E-state index is 0. The fourth-order valence-corrected chi connectivity index (χ4v) is 0. The molecule has 0 saturated heterocycles. The van der Waals surface area contributed by atoms with Crippen LogP contribution in [0, 0.1) is 46.9 Å². The molecule has 5 heavy (non-hydrogen) atoms. The van der Waals surface area contributed by atoms with Crippen LogP contribution in [0.4, 0.5) is 0 Å². The zero-order chi connectivity index (χ0) is 0. The molecule has 5 heteroatoms. The van der Waals surface area contributed by atoms with Crippen molar-refractivity contribution in [1.29, 1.82) is 0 Å². The summed E-state index contributed by atoms with van der Waals surface area (Å²) in [5.74, 6) is 0. The molecule has 0 N–H and O–H groups in total. The van der Waals surface area contributed by atoms with Gasteiger partial charge in [-0.2, -0.15) is 0 Å². The Morgan fingerprint density at radius 2 is 0.600 bits per heavy atom. The van der Waals surface area contributed by atoms with Crippen LogP contribution in [0.5, 0.6) is 0 Å².